The maximum Gasteiger partial charge on any atom is 0.256 e. The molecule has 0 amide bonds. The molecule has 0 aliphatic carbocycles. The van der Waals surface area contributed by atoms with Crippen LogP contribution in [0.5, 0.6) is 0 Å². The Morgan fingerprint density at radius 1 is 1.50 bits per heavy atom. The first-order valence-electron chi connectivity index (χ1n) is 4.84. The maximum absolute atomic E-state index is 5.58. The van der Waals surface area contributed by atoms with Crippen LogP contribution in [0.25, 0.3) is 11.1 Å². The van der Waals surface area contributed by atoms with Crippen molar-refractivity contribution in [1.29, 1.82) is 0 Å². The van der Waals surface area contributed by atoms with Crippen LogP contribution in [0.3, 0.4) is 0 Å². The van der Waals surface area contributed by atoms with Crippen molar-refractivity contribution in [1.82, 2.24) is 4.98 Å². The van der Waals surface area contributed by atoms with Crippen LogP contribution in [0.2, 0.25) is 0 Å². The molecule has 0 fully saturated rings. The van der Waals surface area contributed by atoms with Gasteiger partial charge in [0.15, 0.2) is 5.58 Å². The summed E-state index contributed by atoms with van der Waals surface area (Å²) < 4.78 is 5.58. The molecular weight excluding hydrogens is 240 g/mol. The van der Waals surface area contributed by atoms with Crippen molar-refractivity contribution in [3.8, 4) is 0 Å². The molecule has 82 valence electrons. The van der Waals surface area contributed by atoms with E-state index in [1.807, 2.05) is 18.2 Å². The number of thiocarbonyl (C=S) groups is 1. The molecule has 0 atom stereocenters. The zero-order valence-corrected chi connectivity index (χ0v) is 10.6. The highest BCUT2D eigenvalue weighted by atomic mass is 32.2. The summed E-state index contributed by atoms with van der Waals surface area (Å²) in [5.74, 6) is 0. The minimum absolute atomic E-state index is 0.450. The standard InChI is InChI=1S/C11H10N2OS2/c1-7(2)16-11-13-9-5-8(12-6-15)3-4-10(9)14-11/h3-5,7H,1-2H3. The Labute approximate surface area is 103 Å². The van der Waals surface area contributed by atoms with E-state index in [0.717, 1.165) is 16.8 Å². The van der Waals surface area contributed by atoms with Crippen LogP contribution in [-0.2, 0) is 0 Å². The lowest BCUT2D eigenvalue weighted by Crippen LogP contribution is -1.84. The molecule has 0 N–H and O–H groups in total. The lowest BCUT2D eigenvalue weighted by atomic mass is 10.3. The number of nitrogens with zero attached hydrogens (tertiary/aromatic N) is 2. The Morgan fingerprint density at radius 2 is 2.31 bits per heavy atom. The van der Waals surface area contributed by atoms with Crippen LogP contribution in [0.15, 0.2) is 32.8 Å². The molecule has 1 aromatic carbocycles. The van der Waals surface area contributed by atoms with Gasteiger partial charge in [0.2, 0.25) is 0 Å². The minimum Gasteiger partial charge on any atom is -0.431 e. The van der Waals surface area contributed by atoms with Crippen molar-refractivity contribution in [3.63, 3.8) is 0 Å². The highest BCUT2D eigenvalue weighted by Crippen LogP contribution is 2.28. The van der Waals surface area contributed by atoms with Crippen molar-refractivity contribution in [2.45, 2.75) is 24.3 Å². The van der Waals surface area contributed by atoms with E-state index in [-0.39, 0.29) is 0 Å². The third kappa shape index (κ3) is 2.50. The Morgan fingerprint density at radius 3 is 3.00 bits per heavy atom. The topological polar surface area (TPSA) is 38.4 Å². The van der Waals surface area contributed by atoms with Gasteiger partial charge in [0.05, 0.1) is 10.8 Å². The zero-order valence-electron chi connectivity index (χ0n) is 8.93. The summed E-state index contributed by atoms with van der Waals surface area (Å²) >= 11 is 6.15. The van der Waals surface area contributed by atoms with Crippen molar-refractivity contribution in [2.75, 3.05) is 0 Å². The van der Waals surface area contributed by atoms with Crippen LogP contribution in [0.1, 0.15) is 13.8 Å². The first kappa shape index (κ1) is 11.3. The quantitative estimate of drug-likeness (QED) is 0.467. The maximum atomic E-state index is 5.58. The van der Waals surface area contributed by atoms with Crippen molar-refractivity contribution < 1.29 is 4.42 Å². The van der Waals surface area contributed by atoms with E-state index >= 15 is 0 Å². The highest BCUT2D eigenvalue weighted by molar-refractivity contribution is 7.99. The lowest BCUT2D eigenvalue weighted by Gasteiger charge is -1.96. The summed E-state index contributed by atoms with van der Waals surface area (Å²) in [6, 6.07) is 5.51. The molecule has 16 heavy (non-hydrogen) atoms. The van der Waals surface area contributed by atoms with Crippen LogP contribution in [0.4, 0.5) is 5.69 Å². The molecule has 0 unspecified atom stereocenters. The Kier molecular flexibility index (Phi) is 3.39. The Bertz CT molecular complexity index is 556. The highest BCUT2D eigenvalue weighted by Gasteiger charge is 2.08. The van der Waals surface area contributed by atoms with E-state index in [2.05, 4.69) is 41.2 Å². The van der Waals surface area contributed by atoms with Gasteiger partial charge in [-0.05, 0) is 30.4 Å². The summed E-state index contributed by atoms with van der Waals surface area (Å²) in [4.78, 5) is 8.27. The number of hydrogen-bond donors (Lipinski definition) is 0. The molecule has 2 rings (SSSR count). The monoisotopic (exact) mass is 250 g/mol. The van der Waals surface area contributed by atoms with Gasteiger partial charge in [-0.25, -0.2) is 4.98 Å². The summed E-state index contributed by atoms with van der Waals surface area (Å²) in [6.07, 6.45) is 0. The molecule has 0 saturated heterocycles. The number of oxazole rings is 1. The lowest BCUT2D eigenvalue weighted by molar-refractivity contribution is 0.488. The molecule has 0 aliphatic heterocycles. The number of fused-ring (bicyclic) bond motifs is 1. The van der Waals surface area contributed by atoms with Gasteiger partial charge in [-0.2, -0.15) is 4.99 Å². The Balaban J connectivity index is 2.41. The van der Waals surface area contributed by atoms with E-state index in [1.54, 1.807) is 11.8 Å². The fraction of sp³-hybridized carbons (Fsp3) is 0.273. The number of aromatic nitrogens is 1. The molecule has 0 radical (unpaired) electrons. The molecule has 0 bridgehead atoms. The predicted molar refractivity (Wildman–Crippen MR) is 69.7 cm³/mol. The van der Waals surface area contributed by atoms with Gasteiger partial charge in [0.1, 0.15) is 5.52 Å². The van der Waals surface area contributed by atoms with Gasteiger partial charge < -0.3 is 4.42 Å². The SMILES string of the molecule is CC(C)Sc1nc2cc(N=C=S)ccc2o1. The molecule has 0 spiro atoms. The molecule has 1 heterocycles. The normalized spacial score (nSPS) is 10.7. The van der Waals surface area contributed by atoms with Crippen LogP contribution in [0, 0.1) is 0 Å². The first-order valence-corrected chi connectivity index (χ1v) is 6.13. The van der Waals surface area contributed by atoms with Crippen LogP contribution >= 0.6 is 24.0 Å². The summed E-state index contributed by atoms with van der Waals surface area (Å²) in [7, 11) is 0. The molecule has 2 aromatic rings. The fourth-order valence-electron chi connectivity index (χ4n) is 1.27. The van der Waals surface area contributed by atoms with E-state index in [0.29, 0.717) is 10.5 Å². The van der Waals surface area contributed by atoms with Gasteiger partial charge >= 0.3 is 0 Å². The Hall–Kier alpha value is -1.16. The second kappa shape index (κ2) is 4.78. The summed E-state index contributed by atoms with van der Waals surface area (Å²) in [6.45, 7) is 4.20. The average Bonchev–Trinajstić information content (AvgIpc) is 2.58. The second-order valence-electron chi connectivity index (χ2n) is 3.50. The van der Waals surface area contributed by atoms with E-state index in [1.165, 1.54) is 0 Å². The van der Waals surface area contributed by atoms with Gasteiger partial charge in [-0.1, -0.05) is 25.6 Å². The van der Waals surface area contributed by atoms with Gasteiger partial charge in [0.25, 0.3) is 5.22 Å². The molecule has 0 saturated carbocycles. The van der Waals surface area contributed by atoms with E-state index in [4.69, 9.17) is 4.42 Å². The second-order valence-corrected chi connectivity index (χ2v) is 5.21. The van der Waals surface area contributed by atoms with Gasteiger partial charge in [0, 0.05) is 5.25 Å². The first-order chi connectivity index (χ1) is 7.69. The number of benzene rings is 1. The third-order valence-electron chi connectivity index (χ3n) is 1.86. The van der Waals surface area contributed by atoms with E-state index in [9.17, 15) is 0 Å². The van der Waals surface area contributed by atoms with Gasteiger partial charge in [-0.15, -0.1) is 0 Å². The predicted octanol–water partition coefficient (Wildman–Crippen LogP) is 4.06. The third-order valence-corrected chi connectivity index (χ3v) is 2.80. The van der Waals surface area contributed by atoms with Crippen molar-refractivity contribution in [2.24, 2.45) is 4.99 Å². The number of hydrogen-bond acceptors (Lipinski definition) is 5. The number of aliphatic imine (C=N–C) groups is 1. The average molecular weight is 250 g/mol. The van der Waals surface area contributed by atoms with Gasteiger partial charge in [-0.3, -0.25) is 0 Å². The van der Waals surface area contributed by atoms with Crippen LogP contribution in [-0.4, -0.2) is 15.4 Å². The minimum atomic E-state index is 0.450. The molecule has 0 aliphatic rings. The summed E-state index contributed by atoms with van der Waals surface area (Å²) in [5.41, 5.74) is 2.32. The van der Waals surface area contributed by atoms with Crippen LogP contribution < -0.4 is 0 Å². The molecular formula is C11H10N2OS2. The number of thioether (sulfide) groups is 1. The molecule has 1 aromatic heterocycles. The fourth-order valence-corrected chi connectivity index (χ4v) is 2.07. The summed E-state index contributed by atoms with van der Waals surface area (Å²) in [5, 5.41) is 3.47. The number of rotatable bonds is 3. The smallest absolute Gasteiger partial charge is 0.256 e. The molecule has 5 heteroatoms. The largest absolute Gasteiger partial charge is 0.431 e. The zero-order chi connectivity index (χ0) is 11.5. The molecule has 3 nitrogen and oxygen atoms in total. The van der Waals surface area contributed by atoms with Crippen molar-refractivity contribution >= 4 is 45.9 Å². The van der Waals surface area contributed by atoms with E-state index < -0.39 is 0 Å². The van der Waals surface area contributed by atoms with Crippen molar-refractivity contribution in [3.05, 3.63) is 18.2 Å². The number of isothiocyanates is 1.